The van der Waals surface area contributed by atoms with E-state index in [9.17, 15) is 0 Å². The molecule has 0 heterocycles. The predicted octanol–water partition coefficient (Wildman–Crippen LogP) is 25.6. The molecule has 0 aromatic heterocycles. The summed E-state index contributed by atoms with van der Waals surface area (Å²) in [7, 11) is 0. The predicted molar refractivity (Wildman–Crippen MR) is 345 cm³/mol. The van der Waals surface area contributed by atoms with Crippen molar-refractivity contribution in [2.24, 2.45) is 0 Å². The summed E-state index contributed by atoms with van der Waals surface area (Å²) in [6, 6.07) is 77.9. The van der Waals surface area contributed by atoms with E-state index in [4.69, 9.17) is 0 Å². The van der Waals surface area contributed by atoms with Crippen LogP contribution in [0.25, 0.3) is 87.6 Å². The van der Waals surface area contributed by atoms with Crippen molar-refractivity contribution in [3.05, 3.63) is 218 Å². The van der Waals surface area contributed by atoms with Crippen LogP contribution in [0, 0.1) is 0 Å². The first-order chi connectivity index (χ1) is 35.3. The fraction of sp³-hybridized carbons (Fsp3) is 0.288. The van der Waals surface area contributed by atoms with E-state index in [1.807, 2.05) is 111 Å². The van der Waals surface area contributed by atoms with Gasteiger partial charge in [-0.05, 0) is 87.6 Å². The topological polar surface area (TPSA) is 0 Å². The van der Waals surface area contributed by atoms with Crippen molar-refractivity contribution in [3.63, 3.8) is 0 Å². The van der Waals surface area contributed by atoms with Gasteiger partial charge in [0.15, 0.2) is 0 Å². The van der Waals surface area contributed by atoms with Gasteiger partial charge in [-0.25, -0.2) is 0 Å². The Morgan fingerprint density at radius 2 is 0.274 bits per heavy atom. The van der Waals surface area contributed by atoms with Gasteiger partial charge in [-0.15, -0.1) is 0 Å². The number of fused-ring (bicyclic) bond motifs is 4. The molecule has 73 heavy (non-hydrogen) atoms. The number of hydrogen-bond acceptors (Lipinski definition) is 0. The van der Waals surface area contributed by atoms with E-state index in [1.54, 1.807) is 0 Å². The smallest absolute Gasteiger partial charge is 0.00264 e. The molecule has 0 bridgehead atoms. The van der Waals surface area contributed by atoms with Gasteiger partial charge in [0.2, 0.25) is 0 Å². The van der Waals surface area contributed by atoms with Crippen LogP contribution in [-0.2, 0) is 0 Å². The Morgan fingerprint density at radius 3 is 0.384 bits per heavy atom. The second-order valence-corrected chi connectivity index (χ2v) is 13.9. The average Bonchev–Trinajstić information content (AvgIpc) is 3.49. The van der Waals surface area contributed by atoms with Gasteiger partial charge in [-0.1, -0.05) is 364 Å². The van der Waals surface area contributed by atoms with Crippen molar-refractivity contribution in [1.82, 2.24) is 0 Å². The number of rotatable bonds is 4. The van der Waals surface area contributed by atoms with Crippen LogP contribution in [0.2, 0.25) is 0 Å². The van der Waals surface area contributed by atoms with E-state index in [-0.39, 0.29) is 14.9 Å². The fourth-order valence-corrected chi connectivity index (χ4v) is 7.92. The third-order valence-corrected chi connectivity index (χ3v) is 10.1. The second-order valence-electron chi connectivity index (χ2n) is 13.9. The molecular formula is C73H100. The van der Waals surface area contributed by atoms with Crippen molar-refractivity contribution in [1.29, 1.82) is 0 Å². The van der Waals surface area contributed by atoms with Gasteiger partial charge < -0.3 is 0 Å². The molecule has 0 radical (unpaired) electrons. The first-order valence-corrected chi connectivity index (χ1v) is 27.4. The van der Waals surface area contributed by atoms with E-state index in [0.29, 0.717) is 0 Å². The normalized spacial score (nSPS) is 8.79. The maximum Gasteiger partial charge on any atom is -0.00264 e. The molecule has 0 N–H and O–H groups in total. The maximum atomic E-state index is 2.25. The summed E-state index contributed by atoms with van der Waals surface area (Å²) < 4.78 is 0. The van der Waals surface area contributed by atoms with Gasteiger partial charge in [0.05, 0.1) is 0 Å². The number of benzene rings is 10. The summed E-state index contributed by atoms with van der Waals surface area (Å²) in [5, 5.41) is 10.4. The zero-order valence-corrected chi connectivity index (χ0v) is 47.5. The lowest BCUT2D eigenvalue weighted by molar-refractivity contribution is 1.09. The molecule has 0 aliphatic heterocycles. The molecule has 0 saturated carbocycles. The monoisotopic (exact) mass is 977 g/mol. The Balaban J connectivity index is -0.000000992. The van der Waals surface area contributed by atoms with Crippen LogP contribution in [0.5, 0.6) is 0 Å². The van der Waals surface area contributed by atoms with Crippen LogP contribution in [0.3, 0.4) is 0 Å². The van der Waals surface area contributed by atoms with Crippen molar-refractivity contribution in [3.8, 4) is 44.5 Å². The van der Waals surface area contributed by atoms with Crippen LogP contribution in [0.4, 0.5) is 0 Å². The minimum atomic E-state index is 0. The highest BCUT2D eigenvalue weighted by Crippen LogP contribution is 2.45. The lowest BCUT2D eigenvalue weighted by Gasteiger charge is -2.17. The highest BCUT2D eigenvalue weighted by atomic mass is 14.2. The largest absolute Gasteiger partial charge is 0.0776 e. The first kappa shape index (κ1) is 70.5. The molecule has 0 fully saturated rings. The molecule has 0 aliphatic rings. The molecule has 0 atom stereocenters. The molecule has 0 saturated heterocycles. The van der Waals surface area contributed by atoms with Crippen LogP contribution in [0.15, 0.2) is 218 Å². The lowest BCUT2D eigenvalue weighted by Crippen LogP contribution is -1.90. The summed E-state index contributed by atoms with van der Waals surface area (Å²) in [6.07, 6.45) is 1.25. The van der Waals surface area contributed by atoms with Crippen LogP contribution in [-0.4, -0.2) is 0 Å². The quantitative estimate of drug-likeness (QED) is 0.154. The Bertz CT molecular complexity index is 2310. The van der Waals surface area contributed by atoms with Gasteiger partial charge in [0.1, 0.15) is 0 Å². The zero-order chi connectivity index (χ0) is 53.4. The van der Waals surface area contributed by atoms with Crippen LogP contribution >= 0.6 is 0 Å². The zero-order valence-electron chi connectivity index (χ0n) is 47.5. The van der Waals surface area contributed by atoms with Gasteiger partial charge in [0, 0.05) is 0 Å². The van der Waals surface area contributed by atoms with E-state index in [1.165, 1.54) is 94.0 Å². The molecule has 0 heteroatoms. The summed E-state index contributed by atoms with van der Waals surface area (Å²) in [5.41, 5.74) is 10.3. The van der Waals surface area contributed by atoms with Crippen LogP contribution < -0.4 is 0 Å². The minimum absolute atomic E-state index is 0. The fourth-order valence-electron chi connectivity index (χ4n) is 7.92. The molecule has 10 rings (SSSR count). The van der Waals surface area contributed by atoms with E-state index < -0.39 is 0 Å². The molecule has 0 spiro atoms. The standard InChI is InChI=1S/2C26H18.C3H8.8C2H6.2CH4/c2*1-3-11-19(12-4-1)25-21-15-7-9-17-23(21)26(20-13-5-2-6-14-20)24-18-10-8-16-22(24)25;1-3-2;8*1-2;;/h2*1-18H;3H2,1-2H3;8*1-2H3;2*1H4. The third-order valence-electron chi connectivity index (χ3n) is 10.1. The highest BCUT2D eigenvalue weighted by molar-refractivity contribution is 6.22. The summed E-state index contributed by atoms with van der Waals surface area (Å²) in [5.74, 6) is 0. The Morgan fingerprint density at radius 1 is 0.178 bits per heavy atom. The molecule has 392 valence electrons. The molecular weight excluding hydrogens is 877 g/mol. The molecule has 10 aromatic carbocycles. The van der Waals surface area contributed by atoms with Crippen molar-refractivity contribution >= 4 is 43.1 Å². The first-order valence-electron chi connectivity index (χ1n) is 27.4. The van der Waals surface area contributed by atoms with Gasteiger partial charge in [0.25, 0.3) is 0 Å². The van der Waals surface area contributed by atoms with Gasteiger partial charge in [-0.3, -0.25) is 0 Å². The van der Waals surface area contributed by atoms with Gasteiger partial charge in [-0.2, -0.15) is 0 Å². The molecule has 0 amide bonds. The molecule has 0 unspecified atom stereocenters. The Hall–Kier alpha value is -6.76. The summed E-state index contributed by atoms with van der Waals surface area (Å²) >= 11 is 0. The Labute approximate surface area is 449 Å². The van der Waals surface area contributed by atoms with Gasteiger partial charge >= 0.3 is 0 Å². The summed E-state index contributed by atoms with van der Waals surface area (Å²) in [6.45, 7) is 36.2. The third kappa shape index (κ3) is 19.0. The molecule has 0 nitrogen and oxygen atoms in total. The molecule has 10 aromatic rings. The summed E-state index contributed by atoms with van der Waals surface area (Å²) in [4.78, 5) is 0. The molecule has 0 aliphatic carbocycles. The van der Waals surface area contributed by atoms with Crippen LogP contribution in [0.1, 0.15) is 146 Å². The maximum absolute atomic E-state index is 2.25. The lowest BCUT2D eigenvalue weighted by atomic mass is 9.86. The van der Waals surface area contributed by atoms with Crippen molar-refractivity contribution in [2.75, 3.05) is 0 Å². The number of hydrogen-bond donors (Lipinski definition) is 0. The van der Waals surface area contributed by atoms with E-state index in [2.05, 4.69) is 232 Å². The highest BCUT2D eigenvalue weighted by Gasteiger charge is 2.17. The average molecular weight is 978 g/mol. The van der Waals surface area contributed by atoms with E-state index >= 15 is 0 Å². The van der Waals surface area contributed by atoms with E-state index in [0.717, 1.165) is 0 Å². The Kier molecular flexibility index (Phi) is 42.5. The second kappa shape index (κ2) is 44.0. The minimum Gasteiger partial charge on any atom is -0.0776 e. The SMILES string of the molecule is C.C.CC.CC.CC.CC.CC.CC.CC.CC.CCC.c1ccc(-c2c3ccccc3c(-c3ccccc3)c3ccccc23)cc1.c1ccc(-c2c3ccccc3c(-c3ccccc3)c3ccccc23)cc1. The van der Waals surface area contributed by atoms with Crippen molar-refractivity contribution < 1.29 is 0 Å². The van der Waals surface area contributed by atoms with Crippen molar-refractivity contribution in [2.45, 2.75) is 146 Å².